The minimum absolute atomic E-state index is 0.179. The molecule has 0 atom stereocenters. The SMILES string of the molecule is COc1cc(Br)c(O)c(CP(Cl)(c2ccccc2)(c2ccccc2)c2ccccc2)c1. The molecule has 0 fully saturated rings. The van der Waals surface area contributed by atoms with Gasteiger partial charge >= 0.3 is 197 Å². The molecule has 0 aliphatic carbocycles. The zero-order valence-electron chi connectivity index (χ0n) is 17.1. The van der Waals surface area contributed by atoms with Gasteiger partial charge in [-0.2, -0.15) is 0 Å². The van der Waals surface area contributed by atoms with E-state index in [-0.39, 0.29) is 5.75 Å². The number of methoxy groups -OCH3 is 1. The first-order chi connectivity index (χ1) is 15.0. The van der Waals surface area contributed by atoms with E-state index >= 15 is 0 Å². The standard InChI is InChI=1S/C26H23BrClO2P/c1-30-21-17-20(26(29)25(27)18-21)19-31(28,22-11-5-2-6-12-22,23-13-7-3-8-14-23)24-15-9-4-10-16-24/h2-18,29H,19H2,1H3. The Balaban J connectivity index is 2.11. The van der Waals surface area contributed by atoms with Gasteiger partial charge < -0.3 is 0 Å². The van der Waals surface area contributed by atoms with E-state index in [4.69, 9.17) is 16.0 Å². The Labute approximate surface area is 196 Å². The molecule has 0 bridgehead atoms. The molecule has 0 amide bonds. The van der Waals surface area contributed by atoms with Crippen LogP contribution in [0.2, 0.25) is 0 Å². The normalized spacial score (nSPS) is 12.7. The van der Waals surface area contributed by atoms with Crippen molar-refractivity contribution in [1.29, 1.82) is 0 Å². The molecule has 158 valence electrons. The summed E-state index contributed by atoms with van der Waals surface area (Å²) in [6, 6.07) is 34.3. The van der Waals surface area contributed by atoms with E-state index in [0.29, 0.717) is 16.4 Å². The summed E-state index contributed by atoms with van der Waals surface area (Å²) in [4.78, 5) is 0. The molecule has 0 unspecified atom stereocenters. The van der Waals surface area contributed by atoms with Gasteiger partial charge in [0, 0.05) is 0 Å². The second-order valence-electron chi connectivity index (χ2n) is 7.46. The van der Waals surface area contributed by atoms with Crippen molar-refractivity contribution in [2.45, 2.75) is 6.16 Å². The van der Waals surface area contributed by atoms with Gasteiger partial charge in [0.25, 0.3) is 0 Å². The van der Waals surface area contributed by atoms with Crippen LogP contribution in [-0.2, 0) is 6.16 Å². The van der Waals surface area contributed by atoms with Gasteiger partial charge in [-0.05, 0) is 0 Å². The number of phenolic OH excluding ortho intramolecular Hbond substituents is 1. The minimum atomic E-state index is -3.54. The van der Waals surface area contributed by atoms with Crippen LogP contribution in [0.1, 0.15) is 5.56 Å². The van der Waals surface area contributed by atoms with E-state index in [1.807, 2.05) is 60.7 Å². The number of phenols is 1. The molecule has 0 aliphatic heterocycles. The van der Waals surface area contributed by atoms with Crippen LogP contribution in [0.5, 0.6) is 11.5 Å². The molecule has 4 aromatic carbocycles. The van der Waals surface area contributed by atoms with Gasteiger partial charge in [-0.15, -0.1) is 0 Å². The Hall–Kier alpha value is -2.32. The first-order valence-corrected chi connectivity index (χ1v) is 14.0. The average molecular weight is 514 g/mol. The van der Waals surface area contributed by atoms with Crippen LogP contribution in [0.3, 0.4) is 0 Å². The van der Waals surface area contributed by atoms with Crippen molar-refractivity contribution in [2.75, 3.05) is 7.11 Å². The van der Waals surface area contributed by atoms with Gasteiger partial charge in [0.15, 0.2) is 0 Å². The molecule has 4 rings (SSSR count). The Morgan fingerprint density at radius 2 is 1.19 bits per heavy atom. The van der Waals surface area contributed by atoms with Gasteiger partial charge in [0.2, 0.25) is 0 Å². The summed E-state index contributed by atoms with van der Waals surface area (Å²) < 4.78 is 6.07. The molecule has 2 nitrogen and oxygen atoms in total. The molecule has 0 saturated heterocycles. The third-order valence-electron chi connectivity index (χ3n) is 5.70. The predicted octanol–water partition coefficient (Wildman–Crippen LogP) is 6.35. The van der Waals surface area contributed by atoms with Gasteiger partial charge in [-0.1, -0.05) is 0 Å². The van der Waals surface area contributed by atoms with Crippen molar-refractivity contribution >= 4 is 49.0 Å². The number of hydrogen-bond acceptors (Lipinski definition) is 2. The zero-order chi connectivity index (χ0) is 21.9. The summed E-state index contributed by atoms with van der Waals surface area (Å²) >= 11 is 11.6. The second kappa shape index (κ2) is 8.67. The molecule has 5 heteroatoms. The number of rotatable bonds is 6. The summed E-state index contributed by atoms with van der Waals surface area (Å²) in [6.45, 7) is 0. The first kappa shape index (κ1) is 21.9. The monoisotopic (exact) mass is 512 g/mol. The van der Waals surface area contributed by atoms with Crippen LogP contribution in [-0.4, -0.2) is 12.2 Å². The topological polar surface area (TPSA) is 29.5 Å². The number of halogens is 2. The first-order valence-electron chi connectivity index (χ1n) is 9.92. The fourth-order valence-corrected chi connectivity index (χ4v) is 10.7. The maximum atomic E-state index is 11.0. The molecule has 1 N–H and O–H groups in total. The van der Waals surface area contributed by atoms with Crippen molar-refractivity contribution in [3.05, 3.63) is 113 Å². The summed E-state index contributed by atoms with van der Waals surface area (Å²) in [5, 5.41) is 14.1. The Morgan fingerprint density at radius 3 is 1.58 bits per heavy atom. The van der Waals surface area contributed by atoms with Crippen molar-refractivity contribution in [3.63, 3.8) is 0 Å². The predicted molar refractivity (Wildman–Crippen MR) is 137 cm³/mol. The summed E-state index contributed by atoms with van der Waals surface area (Å²) in [6.07, 6.45) is 0.437. The fraction of sp³-hybridized carbons (Fsp3) is 0.0769. The molecular formula is C26H23BrClO2P. The molecule has 0 saturated carbocycles. The van der Waals surface area contributed by atoms with Crippen molar-refractivity contribution < 1.29 is 9.84 Å². The van der Waals surface area contributed by atoms with Crippen molar-refractivity contribution in [3.8, 4) is 11.5 Å². The van der Waals surface area contributed by atoms with Gasteiger partial charge in [-0.3, -0.25) is 0 Å². The van der Waals surface area contributed by atoms with Gasteiger partial charge in [0.1, 0.15) is 0 Å². The Morgan fingerprint density at radius 1 is 0.774 bits per heavy atom. The summed E-state index contributed by atoms with van der Waals surface area (Å²) in [7, 11) is 1.62. The fourth-order valence-electron chi connectivity index (χ4n) is 4.12. The molecule has 0 spiro atoms. The summed E-state index contributed by atoms with van der Waals surface area (Å²) in [5.41, 5.74) is 0.732. The summed E-state index contributed by atoms with van der Waals surface area (Å²) in [5.74, 6) is -2.70. The number of benzene rings is 4. The van der Waals surface area contributed by atoms with E-state index < -0.39 is 5.96 Å². The van der Waals surface area contributed by atoms with Crippen molar-refractivity contribution in [1.82, 2.24) is 0 Å². The molecule has 4 aromatic rings. The van der Waals surface area contributed by atoms with Crippen LogP contribution in [0.4, 0.5) is 0 Å². The van der Waals surface area contributed by atoms with Crippen LogP contribution < -0.4 is 20.7 Å². The van der Waals surface area contributed by atoms with Crippen LogP contribution in [0.25, 0.3) is 0 Å². The van der Waals surface area contributed by atoms with Crippen molar-refractivity contribution in [2.24, 2.45) is 0 Å². The molecule has 0 aliphatic rings. The average Bonchev–Trinajstić information content (AvgIpc) is 2.83. The molecular weight excluding hydrogens is 491 g/mol. The number of aromatic hydroxyl groups is 1. The van der Waals surface area contributed by atoms with Gasteiger partial charge in [-0.25, -0.2) is 0 Å². The van der Waals surface area contributed by atoms with Crippen LogP contribution >= 0.6 is 33.1 Å². The maximum absolute atomic E-state index is 11.0. The van der Waals surface area contributed by atoms with E-state index in [9.17, 15) is 5.11 Å². The van der Waals surface area contributed by atoms with E-state index in [1.54, 1.807) is 13.2 Å². The molecule has 0 radical (unpaired) electrons. The van der Waals surface area contributed by atoms with E-state index in [2.05, 4.69) is 52.3 Å². The Bertz CT molecular complexity index is 1080. The third kappa shape index (κ3) is 3.76. The zero-order valence-corrected chi connectivity index (χ0v) is 20.3. The quantitative estimate of drug-likeness (QED) is 0.305. The molecule has 0 heterocycles. The van der Waals surface area contributed by atoms with Crippen LogP contribution in [0, 0.1) is 0 Å². The molecule has 31 heavy (non-hydrogen) atoms. The van der Waals surface area contributed by atoms with Gasteiger partial charge in [0.05, 0.1) is 0 Å². The van der Waals surface area contributed by atoms with E-state index in [1.165, 1.54) is 0 Å². The molecule has 0 aromatic heterocycles. The number of ether oxygens (including phenoxy) is 1. The van der Waals surface area contributed by atoms with Crippen LogP contribution in [0.15, 0.2) is 108 Å². The third-order valence-corrected chi connectivity index (χ3v) is 13.5. The number of hydrogen-bond donors (Lipinski definition) is 1. The van der Waals surface area contributed by atoms with E-state index in [0.717, 1.165) is 21.5 Å². The second-order valence-corrected chi connectivity index (χ2v) is 14.8. The Kier molecular flexibility index (Phi) is 6.12.